The van der Waals surface area contributed by atoms with Crippen LogP contribution < -0.4 is 22.5 Å². The molecule has 36 heavy (non-hydrogen) atoms. The molecule has 7 unspecified atom stereocenters. The van der Waals surface area contributed by atoms with E-state index in [0.717, 1.165) is 0 Å². The largest absolute Gasteiger partial charge is 0.394 e. The van der Waals surface area contributed by atoms with Crippen molar-refractivity contribution in [3.63, 3.8) is 0 Å². The van der Waals surface area contributed by atoms with Gasteiger partial charge in [0.25, 0.3) is 0 Å². The Kier molecular flexibility index (Phi) is 12.8. The number of hydrogen-bond donors (Lipinski definition) is 11. The second kappa shape index (κ2) is 14.8. The van der Waals surface area contributed by atoms with E-state index in [4.69, 9.17) is 42.6 Å². The summed E-state index contributed by atoms with van der Waals surface area (Å²) in [6.07, 6.45) is -7.62. The van der Waals surface area contributed by atoms with E-state index in [0.29, 0.717) is 0 Å². The number of hydrogen-bond acceptors (Lipinski definition) is 15. The molecule has 0 radical (unpaired) electrons. The van der Waals surface area contributed by atoms with E-state index in [-0.39, 0.29) is 26.1 Å². The summed E-state index contributed by atoms with van der Waals surface area (Å²) in [4.78, 5) is 0. The van der Waals surface area contributed by atoms with Crippen LogP contribution in [0.3, 0.4) is 0 Å². The molecule has 0 spiro atoms. The Balaban J connectivity index is 2.00. The zero-order valence-corrected chi connectivity index (χ0v) is 19.8. The Labute approximate surface area is 209 Å². The van der Waals surface area contributed by atoms with E-state index in [1.807, 2.05) is 0 Å². The molecule has 15 nitrogen and oxygen atoms in total. The van der Waals surface area contributed by atoms with E-state index in [9.17, 15) is 35.7 Å². The average molecular weight is 525 g/mol. The fraction of sp³-hybridized carbons (Fsp3) is 0.905. The van der Waals surface area contributed by atoms with Gasteiger partial charge < -0.3 is 77.2 Å². The van der Waals surface area contributed by atoms with Gasteiger partial charge in [-0.15, -0.1) is 6.42 Å². The fourth-order valence-electron chi connectivity index (χ4n) is 4.03. The van der Waals surface area contributed by atoms with Crippen LogP contribution in [0.2, 0.25) is 0 Å². The van der Waals surface area contributed by atoms with Crippen LogP contribution in [0, 0.1) is 12.3 Å². The monoisotopic (exact) mass is 524 g/mol. The Bertz CT molecular complexity index is 685. The molecule has 2 aliphatic heterocycles. The van der Waals surface area contributed by atoms with Crippen LogP contribution in [0.4, 0.5) is 0 Å². The van der Waals surface area contributed by atoms with Crippen LogP contribution in [0.5, 0.6) is 0 Å². The normalized spacial score (nSPS) is 39.8. The molecule has 0 amide bonds. The van der Waals surface area contributed by atoms with E-state index in [1.165, 1.54) is 0 Å². The van der Waals surface area contributed by atoms with Crippen molar-refractivity contribution >= 4 is 0 Å². The van der Waals surface area contributed by atoms with Crippen molar-refractivity contribution in [2.75, 3.05) is 32.9 Å². The van der Waals surface area contributed by atoms with Crippen molar-refractivity contribution in [1.29, 1.82) is 0 Å². The van der Waals surface area contributed by atoms with Gasteiger partial charge in [-0.2, -0.15) is 0 Å². The Morgan fingerprint density at radius 3 is 2.19 bits per heavy atom. The van der Waals surface area contributed by atoms with Crippen molar-refractivity contribution < 1.29 is 54.7 Å². The van der Waals surface area contributed by atoms with E-state index in [2.05, 4.69) is 11.2 Å². The molecule has 2 rings (SSSR count). The molecule has 14 N–H and O–H groups in total. The first-order chi connectivity index (χ1) is 17.1. The van der Waals surface area contributed by atoms with Crippen LogP contribution in [0.25, 0.3) is 0 Å². The first kappa shape index (κ1) is 31.2. The van der Waals surface area contributed by atoms with Gasteiger partial charge in [0, 0.05) is 18.6 Å². The molecule has 0 aromatic carbocycles. The van der Waals surface area contributed by atoms with Crippen molar-refractivity contribution in [2.45, 2.75) is 86.0 Å². The number of terminal acetylenes is 1. The highest BCUT2D eigenvalue weighted by Crippen LogP contribution is 2.24. The Hall–Kier alpha value is -1.04. The van der Waals surface area contributed by atoms with Gasteiger partial charge in [-0.3, -0.25) is 0 Å². The van der Waals surface area contributed by atoms with Crippen molar-refractivity contribution in [3.05, 3.63) is 0 Å². The van der Waals surface area contributed by atoms with Gasteiger partial charge in [-0.05, 0) is 6.42 Å². The van der Waals surface area contributed by atoms with Crippen molar-refractivity contribution in [1.82, 2.24) is 5.32 Å². The molecule has 2 aliphatic rings. The van der Waals surface area contributed by atoms with Gasteiger partial charge in [-0.25, -0.2) is 0 Å². The van der Waals surface area contributed by atoms with Crippen molar-refractivity contribution in [2.24, 2.45) is 17.2 Å². The van der Waals surface area contributed by atoms with Crippen LogP contribution in [-0.4, -0.2) is 148 Å². The molecule has 2 saturated heterocycles. The Morgan fingerprint density at radius 2 is 1.61 bits per heavy atom. The maximum absolute atomic E-state index is 10.3. The lowest BCUT2D eigenvalue weighted by molar-refractivity contribution is -0.309. The second-order valence-corrected chi connectivity index (χ2v) is 8.91. The van der Waals surface area contributed by atoms with E-state index < -0.39 is 92.8 Å². The molecule has 0 bridgehead atoms. The molecule has 0 saturated carbocycles. The summed E-state index contributed by atoms with van der Waals surface area (Å²) < 4.78 is 22.1. The lowest BCUT2D eigenvalue weighted by atomic mass is 9.97. The highest BCUT2D eigenvalue weighted by Gasteiger charge is 2.45. The first-order valence-corrected chi connectivity index (χ1v) is 11.7. The molecule has 0 aromatic rings. The summed E-state index contributed by atoms with van der Waals surface area (Å²) in [5, 5.41) is 72.7. The number of ether oxygens (including phenoxy) is 4. The molecule has 2 fully saturated rings. The van der Waals surface area contributed by atoms with Crippen LogP contribution >= 0.6 is 0 Å². The third-order valence-electron chi connectivity index (χ3n) is 6.32. The number of aliphatic hydroxyl groups excluding tert-OH is 7. The lowest BCUT2D eigenvalue weighted by Gasteiger charge is -2.42. The lowest BCUT2D eigenvalue weighted by Crippen LogP contribution is -2.63. The minimum atomic E-state index is -1.62. The van der Waals surface area contributed by atoms with E-state index >= 15 is 0 Å². The maximum Gasteiger partial charge on any atom is 0.187 e. The summed E-state index contributed by atoms with van der Waals surface area (Å²) in [5.74, 6) is 2.41. The third-order valence-corrected chi connectivity index (χ3v) is 6.32. The second-order valence-electron chi connectivity index (χ2n) is 8.91. The average Bonchev–Trinajstić information content (AvgIpc) is 2.87. The van der Waals surface area contributed by atoms with Gasteiger partial charge in [0.2, 0.25) is 0 Å². The molecule has 0 aromatic heterocycles. The standard InChI is InChI=1S/C21H40N4O11/c1-2-3-25-9(8-33-20-17(30)14(24)15(28)13(7-27)36-20)4-10(23)12(6-26)35-21-19(32)18(31)16(29)11(5-22)34-21/h1,9-21,25-32H,3-8,22-24H2/t9-,10?,11?,12+,13-,14?,15?,16-,17-,18?,19?,20?,21-/m1/s1. The minimum Gasteiger partial charge on any atom is -0.394 e. The summed E-state index contributed by atoms with van der Waals surface area (Å²) in [6, 6.07) is -2.52. The molecule has 15 heteroatoms. The highest BCUT2D eigenvalue weighted by molar-refractivity contribution is 4.94. The molecular formula is C21H40N4O11. The maximum atomic E-state index is 10.3. The quantitative estimate of drug-likeness (QED) is 0.0999. The van der Waals surface area contributed by atoms with Gasteiger partial charge in [0.1, 0.15) is 42.7 Å². The SMILES string of the molecule is C#CCN[C@@H](COC1O[C@H](CO)C(O)C(N)[C@H]1O)CC(N)[C@H](CO)O[C@H]1OC(CN)[C@@H](O)C(O)C1O. The van der Waals surface area contributed by atoms with E-state index in [1.54, 1.807) is 0 Å². The van der Waals surface area contributed by atoms with Gasteiger partial charge in [-0.1, -0.05) is 5.92 Å². The van der Waals surface area contributed by atoms with Gasteiger partial charge >= 0.3 is 0 Å². The summed E-state index contributed by atoms with van der Waals surface area (Å²) in [7, 11) is 0. The topological polar surface area (TPSA) is 269 Å². The summed E-state index contributed by atoms with van der Waals surface area (Å²) in [6.45, 7) is -1.23. The zero-order valence-electron chi connectivity index (χ0n) is 19.8. The number of nitrogens with two attached hydrogens (primary N) is 3. The third kappa shape index (κ3) is 7.74. The zero-order chi connectivity index (χ0) is 27.0. The highest BCUT2D eigenvalue weighted by atomic mass is 16.7. The number of aliphatic hydroxyl groups is 7. The predicted octanol–water partition coefficient (Wildman–Crippen LogP) is -6.78. The molecule has 210 valence electrons. The number of rotatable bonds is 13. The summed E-state index contributed by atoms with van der Waals surface area (Å²) >= 11 is 0. The smallest absolute Gasteiger partial charge is 0.187 e. The van der Waals surface area contributed by atoms with Crippen LogP contribution in [0.15, 0.2) is 0 Å². The van der Waals surface area contributed by atoms with Gasteiger partial charge in [0.05, 0.1) is 38.5 Å². The fourth-order valence-corrected chi connectivity index (χ4v) is 4.03. The van der Waals surface area contributed by atoms with Crippen LogP contribution in [0.1, 0.15) is 6.42 Å². The first-order valence-electron chi connectivity index (χ1n) is 11.7. The molecule has 2 heterocycles. The van der Waals surface area contributed by atoms with Crippen LogP contribution in [-0.2, 0) is 18.9 Å². The molecule has 0 aliphatic carbocycles. The predicted molar refractivity (Wildman–Crippen MR) is 123 cm³/mol. The molecule has 13 atom stereocenters. The number of nitrogens with one attached hydrogen (secondary N) is 1. The van der Waals surface area contributed by atoms with Gasteiger partial charge in [0.15, 0.2) is 12.6 Å². The Morgan fingerprint density at radius 1 is 0.944 bits per heavy atom. The summed E-state index contributed by atoms with van der Waals surface area (Å²) in [5.41, 5.74) is 17.6. The minimum absolute atomic E-state index is 0.0983. The molecular weight excluding hydrogens is 484 g/mol. The van der Waals surface area contributed by atoms with Crippen molar-refractivity contribution in [3.8, 4) is 12.3 Å².